The summed E-state index contributed by atoms with van der Waals surface area (Å²) >= 11 is 0. The minimum atomic E-state index is -0.996. The van der Waals surface area contributed by atoms with Crippen molar-refractivity contribution in [3.05, 3.63) is 35.4 Å². The highest BCUT2D eigenvalue weighted by atomic mass is 16.4. The van der Waals surface area contributed by atoms with Crippen LogP contribution in [0.25, 0.3) is 0 Å². The number of nitrogens with two attached hydrogens (primary N) is 1. The third-order valence-electron chi connectivity index (χ3n) is 2.04. The zero-order chi connectivity index (χ0) is 10.7. The average Bonchev–Trinajstić information content (AvgIpc) is 2.16. The van der Waals surface area contributed by atoms with Gasteiger partial charge in [0, 0.05) is 0 Å². The number of benzene rings is 1. The minimum absolute atomic E-state index is 0.179. The Hall–Kier alpha value is -1.39. The molecule has 1 aromatic carbocycles. The van der Waals surface area contributed by atoms with Crippen LogP contribution in [0.15, 0.2) is 24.3 Å². The van der Waals surface area contributed by atoms with Crippen molar-refractivity contribution in [2.45, 2.75) is 19.1 Å². The van der Waals surface area contributed by atoms with Crippen LogP contribution in [-0.4, -0.2) is 22.3 Å². The molecule has 0 fully saturated rings. The number of rotatable bonds is 3. The second-order valence-corrected chi connectivity index (χ2v) is 3.20. The predicted octanol–water partition coefficient (Wildman–Crippen LogP) is 0.765. The Balaban J connectivity index is 2.99. The molecule has 1 rings (SSSR count). The SMILES string of the molecule is C[C@@H](O)[C@H](N)c1cccc(C(=O)O)c1. The summed E-state index contributed by atoms with van der Waals surface area (Å²) in [6, 6.07) is 5.72. The van der Waals surface area contributed by atoms with Gasteiger partial charge in [0.1, 0.15) is 0 Å². The molecule has 0 spiro atoms. The van der Waals surface area contributed by atoms with Gasteiger partial charge in [-0.25, -0.2) is 4.79 Å². The highest BCUT2D eigenvalue weighted by Gasteiger charge is 2.13. The molecule has 0 aromatic heterocycles. The quantitative estimate of drug-likeness (QED) is 0.665. The standard InChI is InChI=1S/C10H13NO3/c1-6(12)9(11)7-3-2-4-8(5-7)10(13)14/h2-6,9,12H,11H2,1H3,(H,13,14)/t6-,9+/m1/s1. The first kappa shape index (κ1) is 10.7. The van der Waals surface area contributed by atoms with E-state index >= 15 is 0 Å². The Kier molecular flexibility index (Phi) is 3.22. The zero-order valence-electron chi connectivity index (χ0n) is 7.84. The molecule has 14 heavy (non-hydrogen) atoms. The van der Waals surface area contributed by atoms with E-state index in [9.17, 15) is 9.90 Å². The van der Waals surface area contributed by atoms with Gasteiger partial charge in [-0.15, -0.1) is 0 Å². The van der Waals surface area contributed by atoms with Crippen LogP contribution in [-0.2, 0) is 0 Å². The van der Waals surface area contributed by atoms with Crippen molar-refractivity contribution in [3.8, 4) is 0 Å². The van der Waals surface area contributed by atoms with E-state index in [1.165, 1.54) is 12.1 Å². The number of aromatic carboxylic acids is 1. The maximum absolute atomic E-state index is 10.6. The molecule has 0 aliphatic heterocycles. The molecule has 0 amide bonds. The number of carboxylic acids is 1. The third-order valence-corrected chi connectivity index (χ3v) is 2.04. The maximum Gasteiger partial charge on any atom is 0.335 e. The highest BCUT2D eigenvalue weighted by Crippen LogP contribution is 2.15. The summed E-state index contributed by atoms with van der Waals surface area (Å²) in [6.07, 6.45) is -0.695. The number of hydrogen-bond donors (Lipinski definition) is 3. The van der Waals surface area contributed by atoms with Gasteiger partial charge in [-0.3, -0.25) is 0 Å². The number of carbonyl (C=O) groups is 1. The van der Waals surface area contributed by atoms with Crippen molar-refractivity contribution in [2.24, 2.45) is 5.73 Å². The lowest BCUT2D eigenvalue weighted by atomic mass is 10.0. The van der Waals surface area contributed by atoms with E-state index < -0.39 is 18.1 Å². The maximum atomic E-state index is 10.6. The van der Waals surface area contributed by atoms with Crippen molar-refractivity contribution < 1.29 is 15.0 Å². The summed E-state index contributed by atoms with van der Waals surface area (Å²) in [5.74, 6) is -0.996. The van der Waals surface area contributed by atoms with Crippen LogP contribution in [0.1, 0.15) is 28.9 Å². The molecular weight excluding hydrogens is 182 g/mol. The summed E-state index contributed by atoms with van der Waals surface area (Å²) in [5, 5.41) is 18.0. The second-order valence-electron chi connectivity index (χ2n) is 3.20. The fourth-order valence-electron chi connectivity index (χ4n) is 1.16. The number of aliphatic hydroxyl groups is 1. The van der Waals surface area contributed by atoms with Crippen molar-refractivity contribution in [2.75, 3.05) is 0 Å². The molecule has 76 valence electrons. The topological polar surface area (TPSA) is 83.5 Å². The van der Waals surface area contributed by atoms with Crippen LogP contribution in [0, 0.1) is 0 Å². The zero-order valence-corrected chi connectivity index (χ0v) is 7.84. The van der Waals surface area contributed by atoms with Crippen LogP contribution in [0.4, 0.5) is 0 Å². The van der Waals surface area contributed by atoms with Crippen LogP contribution >= 0.6 is 0 Å². The van der Waals surface area contributed by atoms with Crippen molar-refractivity contribution in [1.82, 2.24) is 0 Å². The number of aliphatic hydroxyl groups excluding tert-OH is 1. The Morgan fingerprint density at radius 3 is 2.64 bits per heavy atom. The fraction of sp³-hybridized carbons (Fsp3) is 0.300. The van der Waals surface area contributed by atoms with Gasteiger partial charge >= 0.3 is 5.97 Å². The molecule has 0 bridgehead atoms. The smallest absolute Gasteiger partial charge is 0.335 e. The third kappa shape index (κ3) is 2.31. The lowest BCUT2D eigenvalue weighted by molar-refractivity contribution is 0.0696. The summed E-state index contributed by atoms with van der Waals surface area (Å²) in [7, 11) is 0. The van der Waals surface area contributed by atoms with E-state index in [-0.39, 0.29) is 5.56 Å². The van der Waals surface area contributed by atoms with E-state index in [1.807, 2.05) is 0 Å². The van der Waals surface area contributed by atoms with Gasteiger partial charge < -0.3 is 15.9 Å². The van der Waals surface area contributed by atoms with Gasteiger partial charge in [0.15, 0.2) is 0 Å². The number of hydrogen-bond acceptors (Lipinski definition) is 3. The largest absolute Gasteiger partial charge is 0.478 e. The Morgan fingerprint density at radius 1 is 1.50 bits per heavy atom. The molecule has 4 N–H and O–H groups in total. The molecule has 0 aliphatic carbocycles. The Bertz CT molecular complexity index is 336. The van der Waals surface area contributed by atoms with Crippen molar-refractivity contribution in [3.63, 3.8) is 0 Å². The molecule has 1 aromatic rings. The lowest BCUT2D eigenvalue weighted by Crippen LogP contribution is -2.23. The fourth-order valence-corrected chi connectivity index (χ4v) is 1.16. The number of carboxylic acid groups (broad SMARTS) is 1. The molecule has 0 radical (unpaired) electrons. The van der Waals surface area contributed by atoms with Crippen molar-refractivity contribution >= 4 is 5.97 Å². The van der Waals surface area contributed by atoms with Gasteiger partial charge in [0.05, 0.1) is 17.7 Å². The van der Waals surface area contributed by atoms with E-state index in [1.54, 1.807) is 19.1 Å². The molecule has 0 aliphatic rings. The molecule has 2 atom stereocenters. The normalized spacial score (nSPS) is 14.8. The predicted molar refractivity (Wildman–Crippen MR) is 52.0 cm³/mol. The molecule has 0 saturated heterocycles. The Labute approximate surface area is 82.0 Å². The van der Waals surface area contributed by atoms with E-state index in [2.05, 4.69) is 0 Å². The average molecular weight is 195 g/mol. The summed E-state index contributed by atoms with van der Waals surface area (Å²) < 4.78 is 0. The van der Waals surface area contributed by atoms with Crippen molar-refractivity contribution in [1.29, 1.82) is 0 Å². The molecular formula is C10H13NO3. The summed E-state index contributed by atoms with van der Waals surface area (Å²) in [5.41, 5.74) is 6.47. The van der Waals surface area contributed by atoms with Gasteiger partial charge in [0.25, 0.3) is 0 Å². The molecule has 4 heteroatoms. The summed E-state index contributed by atoms with van der Waals surface area (Å²) in [4.78, 5) is 10.6. The van der Waals surface area contributed by atoms with Gasteiger partial charge in [0.2, 0.25) is 0 Å². The second kappa shape index (κ2) is 4.21. The molecule has 0 saturated carbocycles. The first-order chi connectivity index (χ1) is 6.52. The van der Waals surface area contributed by atoms with Crippen LogP contribution in [0.3, 0.4) is 0 Å². The van der Waals surface area contributed by atoms with Crippen LogP contribution in [0.2, 0.25) is 0 Å². The van der Waals surface area contributed by atoms with E-state index in [4.69, 9.17) is 10.8 Å². The molecule has 0 heterocycles. The minimum Gasteiger partial charge on any atom is -0.478 e. The first-order valence-electron chi connectivity index (χ1n) is 4.29. The lowest BCUT2D eigenvalue weighted by Gasteiger charge is -2.15. The molecule has 0 unspecified atom stereocenters. The first-order valence-corrected chi connectivity index (χ1v) is 4.29. The summed E-state index contributed by atoms with van der Waals surface area (Å²) in [6.45, 7) is 1.57. The van der Waals surface area contributed by atoms with Crippen LogP contribution in [0.5, 0.6) is 0 Å². The Morgan fingerprint density at radius 2 is 2.14 bits per heavy atom. The monoisotopic (exact) mass is 195 g/mol. The van der Waals surface area contributed by atoms with Gasteiger partial charge in [-0.2, -0.15) is 0 Å². The van der Waals surface area contributed by atoms with Gasteiger partial charge in [-0.05, 0) is 24.6 Å². The van der Waals surface area contributed by atoms with Gasteiger partial charge in [-0.1, -0.05) is 12.1 Å². The van der Waals surface area contributed by atoms with E-state index in [0.717, 1.165) is 0 Å². The highest BCUT2D eigenvalue weighted by molar-refractivity contribution is 5.87. The molecule has 4 nitrogen and oxygen atoms in total. The van der Waals surface area contributed by atoms with E-state index in [0.29, 0.717) is 5.56 Å². The van der Waals surface area contributed by atoms with Crippen LogP contribution < -0.4 is 5.73 Å².